The third-order valence-corrected chi connectivity index (χ3v) is 3.27. The van der Waals surface area contributed by atoms with Gasteiger partial charge >= 0.3 is 6.18 Å². The van der Waals surface area contributed by atoms with Crippen LogP contribution in [0.5, 0.6) is 0 Å². The van der Waals surface area contributed by atoms with Gasteiger partial charge in [0.25, 0.3) is 0 Å². The Labute approximate surface area is 105 Å². The van der Waals surface area contributed by atoms with Gasteiger partial charge in [0.05, 0.1) is 12.0 Å². The van der Waals surface area contributed by atoms with Gasteiger partial charge < -0.3 is 11.1 Å². The van der Waals surface area contributed by atoms with Crippen LogP contribution >= 0.6 is 0 Å². The Bertz CT molecular complexity index is 304. The second-order valence-corrected chi connectivity index (χ2v) is 4.68. The minimum Gasteiger partial charge on any atom is -0.351 e. The van der Waals surface area contributed by atoms with Gasteiger partial charge in [0.2, 0.25) is 5.91 Å². The van der Waals surface area contributed by atoms with Crippen LogP contribution < -0.4 is 11.1 Å². The first kappa shape index (κ1) is 15.0. The zero-order valence-corrected chi connectivity index (χ0v) is 10.2. The molecule has 0 radical (unpaired) electrons. The Morgan fingerprint density at radius 3 is 2.61 bits per heavy atom. The summed E-state index contributed by atoms with van der Waals surface area (Å²) in [7, 11) is 0. The Morgan fingerprint density at radius 2 is 2.06 bits per heavy atom. The Morgan fingerprint density at radius 1 is 1.44 bits per heavy atom. The van der Waals surface area contributed by atoms with Crippen LogP contribution in [-0.4, -0.2) is 24.2 Å². The molecule has 0 bridgehead atoms. The largest absolute Gasteiger partial charge is 0.393 e. The molecular weight excluding hydrogens is 245 g/mol. The van der Waals surface area contributed by atoms with Crippen LogP contribution in [0, 0.1) is 5.92 Å². The number of alkyl halides is 3. The van der Waals surface area contributed by atoms with Crippen molar-refractivity contribution in [2.24, 2.45) is 11.7 Å². The van der Waals surface area contributed by atoms with E-state index < -0.39 is 30.1 Å². The van der Waals surface area contributed by atoms with Crippen molar-refractivity contribution in [3.8, 4) is 0 Å². The molecule has 0 heterocycles. The summed E-state index contributed by atoms with van der Waals surface area (Å²) in [6, 6.07) is -1.67. The fourth-order valence-electron chi connectivity index (χ4n) is 2.27. The minimum atomic E-state index is -4.26. The summed E-state index contributed by atoms with van der Waals surface area (Å²) in [4.78, 5) is 11.6. The number of carbonyl (C=O) groups is 1. The second kappa shape index (κ2) is 6.22. The van der Waals surface area contributed by atoms with Crippen molar-refractivity contribution in [3.63, 3.8) is 0 Å². The molecule has 3 atom stereocenters. The maximum atomic E-state index is 12.8. The highest BCUT2D eigenvalue weighted by Crippen LogP contribution is 2.37. The number of nitrogens with one attached hydrogen (secondary N) is 1. The minimum absolute atomic E-state index is 0.0745. The van der Waals surface area contributed by atoms with Crippen molar-refractivity contribution < 1.29 is 18.0 Å². The van der Waals surface area contributed by atoms with Crippen molar-refractivity contribution in [2.75, 3.05) is 0 Å². The predicted molar refractivity (Wildman–Crippen MR) is 62.7 cm³/mol. The molecule has 0 aromatic carbocycles. The molecule has 1 saturated carbocycles. The van der Waals surface area contributed by atoms with Crippen molar-refractivity contribution in [2.45, 2.75) is 50.4 Å². The maximum absolute atomic E-state index is 12.8. The molecule has 1 aliphatic carbocycles. The molecule has 3 N–H and O–H groups in total. The summed E-state index contributed by atoms with van der Waals surface area (Å²) in [6.07, 6.45) is -0.839. The van der Waals surface area contributed by atoms with Crippen LogP contribution in [0.3, 0.4) is 0 Å². The van der Waals surface area contributed by atoms with Crippen molar-refractivity contribution in [1.82, 2.24) is 5.32 Å². The Balaban J connectivity index is 2.62. The second-order valence-electron chi connectivity index (χ2n) is 4.68. The number of hydrogen-bond acceptors (Lipinski definition) is 2. The summed E-state index contributed by atoms with van der Waals surface area (Å²) in [6.45, 7) is 3.44. The number of halogens is 3. The van der Waals surface area contributed by atoms with Crippen LogP contribution in [-0.2, 0) is 4.79 Å². The van der Waals surface area contributed by atoms with E-state index in [1.807, 2.05) is 0 Å². The first-order valence-corrected chi connectivity index (χ1v) is 6.10. The molecule has 1 aliphatic rings. The van der Waals surface area contributed by atoms with E-state index in [1.165, 1.54) is 6.08 Å². The molecule has 1 rings (SSSR count). The highest BCUT2D eigenvalue weighted by molar-refractivity contribution is 5.81. The van der Waals surface area contributed by atoms with Crippen LogP contribution in [0.1, 0.15) is 32.1 Å². The van der Waals surface area contributed by atoms with Crippen molar-refractivity contribution in [3.05, 3.63) is 12.7 Å². The van der Waals surface area contributed by atoms with Gasteiger partial charge in [-0.3, -0.25) is 4.79 Å². The zero-order valence-electron chi connectivity index (χ0n) is 10.2. The number of nitrogens with two attached hydrogens (primary N) is 1. The average Bonchev–Trinajstić information content (AvgIpc) is 2.28. The standard InChI is InChI=1S/C12H19F3N2O/c1-2-5-9(16)11(18)17-10-7-4-3-6-8(10)12(13,14)15/h2,8-10H,1,3-7,16H2,(H,17,18). The van der Waals surface area contributed by atoms with Gasteiger partial charge in [0.1, 0.15) is 0 Å². The van der Waals surface area contributed by atoms with Crippen molar-refractivity contribution in [1.29, 1.82) is 0 Å². The lowest BCUT2D eigenvalue weighted by atomic mass is 9.84. The predicted octanol–water partition coefficient (Wildman–Crippen LogP) is 2.13. The molecule has 1 fully saturated rings. The van der Waals surface area contributed by atoms with E-state index in [0.717, 1.165) is 0 Å². The van der Waals surface area contributed by atoms with Gasteiger partial charge in [-0.1, -0.05) is 18.9 Å². The van der Waals surface area contributed by atoms with E-state index in [9.17, 15) is 18.0 Å². The maximum Gasteiger partial charge on any atom is 0.393 e. The number of carbonyl (C=O) groups excluding carboxylic acids is 1. The van der Waals surface area contributed by atoms with Crippen LogP contribution in [0.25, 0.3) is 0 Å². The third kappa shape index (κ3) is 4.01. The quantitative estimate of drug-likeness (QED) is 0.764. The molecule has 1 amide bonds. The van der Waals surface area contributed by atoms with Gasteiger partial charge in [-0.2, -0.15) is 13.2 Å². The lowest BCUT2D eigenvalue weighted by Crippen LogP contribution is -2.52. The highest BCUT2D eigenvalue weighted by Gasteiger charge is 2.46. The van der Waals surface area contributed by atoms with E-state index in [0.29, 0.717) is 19.3 Å². The van der Waals surface area contributed by atoms with Crippen LogP contribution in [0.4, 0.5) is 13.2 Å². The summed E-state index contributed by atoms with van der Waals surface area (Å²) < 4.78 is 38.4. The van der Waals surface area contributed by atoms with E-state index in [4.69, 9.17) is 5.73 Å². The topological polar surface area (TPSA) is 55.1 Å². The van der Waals surface area contributed by atoms with Gasteiger partial charge in [-0.05, 0) is 19.3 Å². The SMILES string of the molecule is C=CCC(N)C(=O)NC1CCCCC1C(F)(F)F. The normalized spacial score (nSPS) is 26.4. The van der Waals surface area contributed by atoms with Crippen LogP contribution in [0.15, 0.2) is 12.7 Å². The Kier molecular flexibility index (Phi) is 5.19. The molecule has 3 nitrogen and oxygen atoms in total. The molecule has 3 unspecified atom stereocenters. The first-order chi connectivity index (χ1) is 8.36. The number of hydrogen-bond donors (Lipinski definition) is 2. The molecular formula is C12H19F3N2O. The van der Waals surface area contributed by atoms with Gasteiger partial charge in [-0.25, -0.2) is 0 Å². The lowest BCUT2D eigenvalue weighted by Gasteiger charge is -2.34. The smallest absolute Gasteiger partial charge is 0.351 e. The summed E-state index contributed by atoms with van der Waals surface area (Å²) >= 11 is 0. The fourth-order valence-corrected chi connectivity index (χ4v) is 2.27. The van der Waals surface area contributed by atoms with Crippen LogP contribution in [0.2, 0.25) is 0 Å². The fraction of sp³-hybridized carbons (Fsp3) is 0.750. The van der Waals surface area contributed by atoms with Gasteiger partial charge in [0.15, 0.2) is 0 Å². The zero-order chi connectivity index (χ0) is 13.8. The molecule has 0 spiro atoms. The summed E-state index contributed by atoms with van der Waals surface area (Å²) in [5.41, 5.74) is 5.53. The average molecular weight is 264 g/mol. The molecule has 6 heteroatoms. The molecule has 104 valence electrons. The summed E-state index contributed by atoms with van der Waals surface area (Å²) in [5.74, 6) is -1.98. The molecule has 0 saturated heterocycles. The number of rotatable bonds is 4. The Hall–Kier alpha value is -1.04. The van der Waals surface area contributed by atoms with E-state index >= 15 is 0 Å². The first-order valence-electron chi connectivity index (χ1n) is 6.10. The van der Waals surface area contributed by atoms with E-state index in [-0.39, 0.29) is 12.8 Å². The molecule has 0 aromatic rings. The highest BCUT2D eigenvalue weighted by atomic mass is 19.4. The van der Waals surface area contributed by atoms with Gasteiger partial charge in [-0.15, -0.1) is 6.58 Å². The van der Waals surface area contributed by atoms with Crippen molar-refractivity contribution >= 4 is 5.91 Å². The lowest BCUT2D eigenvalue weighted by molar-refractivity contribution is -0.189. The summed E-state index contributed by atoms with van der Waals surface area (Å²) in [5, 5.41) is 2.43. The van der Waals surface area contributed by atoms with E-state index in [2.05, 4.69) is 11.9 Å². The van der Waals surface area contributed by atoms with E-state index in [1.54, 1.807) is 0 Å². The molecule has 18 heavy (non-hydrogen) atoms. The molecule has 0 aromatic heterocycles. The number of amides is 1. The monoisotopic (exact) mass is 264 g/mol. The molecule has 0 aliphatic heterocycles. The van der Waals surface area contributed by atoms with Gasteiger partial charge in [0, 0.05) is 6.04 Å². The third-order valence-electron chi connectivity index (χ3n) is 3.27.